The number of benzene rings is 1. The summed E-state index contributed by atoms with van der Waals surface area (Å²) >= 11 is 3.22. The third kappa shape index (κ3) is 3.74. The molecule has 0 saturated carbocycles. The van der Waals surface area contributed by atoms with Crippen molar-refractivity contribution in [3.63, 3.8) is 0 Å². The molecule has 1 aromatic heterocycles. The summed E-state index contributed by atoms with van der Waals surface area (Å²) in [4.78, 5) is 17.3. The first-order valence-corrected chi connectivity index (χ1v) is 8.98. The van der Waals surface area contributed by atoms with Gasteiger partial charge in [0.05, 0.1) is 4.47 Å². The third-order valence-electron chi connectivity index (χ3n) is 4.27. The lowest BCUT2D eigenvalue weighted by Gasteiger charge is -2.33. The topological polar surface area (TPSA) is 45.3 Å². The number of piperidine rings is 1. The van der Waals surface area contributed by atoms with Crippen LogP contribution in [0.3, 0.4) is 0 Å². The summed E-state index contributed by atoms with van der Waals surface area (Å²) in [6, 6.07) is 5.32. The molecule has 1 aliphatic rings. The molecule has 0 unspecified atom stereocenters. The van der Waals surface area contributed by atoms with Gasteiger partial charge in [0, 0.05) is 35.6 Å². The molecular weight excluding hydrogens is 375 g/mol. The number of amides is 1. The molecule has 1 saturated heterocycles. The molecule has 0 bridgehead atoms. The maximum absolute atomic E-state index is 13.7. The predicted octanol–water partition coefficient (Wildman–Crippen LogP) is 5.18. The van der Waals surface area contributed by atoms with E-state index in [2.05, 4.69) is 20.9 Å². The van der Waals surface area contributed by atoms with Gasteiger partial charge in [-0.3, -0.25) is 0 Å². The SMILES string of the molecule is CC(C)(C)OC(=O)N1CCC(c2cc3cc(F)c(Br)cc3[nH]2)CC1. The summed E-state index contributed by atoms with van der Waals surface area (Å²) in [5.41, 5.74) is 1.56. The second kappa shape index (κ2) is 6.39. The normalized spacial score (nSPS) is 16.6. The first kappa shape index (κ1) is 17.3. The fraction of sp³-hybridized carbons (Fsp3) is 0.500. The molecule has 1 aromatic carbocycles. The van der Waals surface area contributed by atoms with Crippen LogP contribution in [0, 0.1) is 5.82 Å². The molecule has 6 heteroatoms. The summed E-state index contributed by atoms with van der Waals surface area (Å²) in [5.74, 6) is 0.0886. The molecule has 1 N–H and O–H groups in total. The Morgan fingerprint density at radius 2 is 1.96 bits per heavy atom. The Bertz CT molecular complexity index is 719. The van der Waals surface area contributed by atoms with E-state index in [4.69, 9.17) is 4.74 Å². The quantitative estimate of drug-likeness (QED) is 0.721. The van der Waals surface area contributed by atoms with Gasteiger partial charge in [-0.2, -0.15) is 0 Å². The Balaban J connectivity index is 1.67. The summed E-state index contributed by atoms with van der Waals surface area (Å²) in [7, 11) is 0. The summed E-state index contributed by atoms with van der Waals surface area (Å²) in [5, 5.41) is 0.875. The molecule has 4 nitrogen and oxygen atoms in total. The van der Waals surface area contributed by atoms with Crippen molar-refractivity contribution in [2.24, 2.45) is 0 Å². The van der Waals surface area contributed by atoms with Crippen LogP contribution in [0.25, 0.3) is 10.9 Å². The third-order valence-corrected chi connectivity index (χ3v) is 4.88. The first-order valence-electron chi connectivity index (χ1n) is 8.18. The van der Waals surface area contributed by atoms with Gasteiger partial charge in [-0.25, -0.2) is 9.18 Å². The van der Waals surface area contributed by atoms with Crippen LogP contribution in [0.15, 0.2) is 22.7 Å². The van der Waals surface area contributed by atoms with Gasteiger partial charge in [0.1, 0.15) is 11.4 Å². The van der Waals surface area contributed by atoms with Crippen LogP contribution in [-0.2, 0) is 4.74 Å². The van der Waals surface area contributed by atoms with Crippen LogP contribution in [0.5, 0.6) is 0 Å². The molecule has 0 radical (unpaired) electrons. The first-order chi connectivity index (χ1) is 11.2. The zero-order chi connectivity index (χ0) is 17.5. The van der Waals surface area contributed by atoms with Crippen LogP contribution < -0.4 is 0 Å². The van der Waals surface area contributed by atoms with Crippen molar-refractivity contribution in [1.29, 1.82) is 0 Å². The average molecular weight is 397 g/mol. The number of aromatic nitrogens is 1. The van der Waals surface area contributed by atoms with Gasteiger partial charge < -0.3 is 14.6 Å². The molecule has 0 atom stereocenters. The number of rotatable bonds is 1. The number of fused-ring (bicyclic) bond motifs is 1. The van der Waals surface area contributed by atoms with Crippen molar-refractivity contribution < 1.29 is 13.9 Å². The molecule has 2 aromatic rings. The lowest BCUT2D eigenvalue weighted by atomic mass is 9.94. The van der Waals surface area contributed by atoms with Gasteiger partial charge in [-0.15, -0.1) is 0 Å². The molecule has 2 heterocycles. The number of likely N-dealkylation sites (tertiary alicyclic amines) is 1. The van der Waals surface area contributed by atoms with Gasteiger partial charge in [0.2, 0.25) is 0 Å². The van der Waals surface area contributed by atoms with E-state index in [1.54, 1.807) is 11.0 Å². The van der Waals surface area contributed by atoms with Crippen LogP contribution in [0.1, 0.15) is 45.2 Å². The zero-order valence-corrected chi connectivity index (χ0v) is 15.7. The van der Waals surface area contributed by atoms with Gasteiger partial charge in [0.25, 0.3) is 0 Å². The Hall–Kier alpha value is -1.56. The largest absolute Gasteiger partial charge is 0.444 e. The number of hydrogen-bond donors (Lipinski definition) is 1. The van der Waals surface area contributed by atoms with Gasteiger partial charge in [-0.05, 0) is 67.7 Å². The highest BCUT2D eigenvalue weighted by atomic mass is 79.9. The average Bonchev–Trinajstić information content (AvgIpc) is 2.89. The Morgan fingerprint density at radius 3 is 2.58 bits per heavy atom. The number of nitrogens with one attached hydrogen (secondary N) is 1. The minimum Gasteiger partial charge on any atom is -0.444 e. The minimum absolute atomic E-state index is 0.247. The number of halogens is 2. The molecule has 1 fully saturated rings. The Labute approximate surface area is 149 Å². The monoisotopic (exact) mass is 396 g/mol. The highest BCUT2D eigenvalue weighted by Gasteiger charge is 2.28. The maximum atomic E-state index is 13.7. The number of aromatic amines is 1. The second-order valence-electron chi connectivity index (χ2n) is 7.32. The molecule has 1 amide bonds. The van der Waals surface area contributed by atoms with Crippen molar-refractivity contribution in [2.45, 2.75) is 45.1 Å². The van der Waals surface area contributed by atoms with E-state index in [1.807, 2.05) is 26.8 Å². The number of carbonyl (C=O) groups is 1. The minimum atomic E-state index is -0.470. The summed E-state index contributed by atoms with van der Waals surface area (Å²) < 4.78 is 19.5. The van der Waals surface area contributed by atoms with Crippen molar-refractivity contribution >= 4 is 32.9 Å². The Morgan fingerprint density at radius 1 is 1.29 bits per heavy atom. The standard InChI is InChI=1S/C18H22BrFN2O2/c1-18(2,3)24-17(23)22-6-4-11(5-7-22)15-9-12-8-14(20)13(19)10-16(12)21-15/h8-11,21H,4-7H2,1-3H3. The molecular formula is C18H22BrFN2O2. The lowest BCUT2D eigenvalue weighted by Crippen LogP contribution is -2.41. The van der Waals surface area contributed by atoms with Crippen molar-refractivity contribution in [1.82, 2.24) is 9.88 Å². The fourth-order valence-corrected chi connectivity index (χ4v) is 3.41. The fourth-order valence-electron chi connectivity index (χ4n) is 3.07. The number of ether oxygens (including phenoxy) is 1. The van der Waals surface area contributed by atoms with Crippen LogP contribution in [0.4, 0.5) is 9.18 Å². The number of carbonyl (C=O) groups excluding carboxylic acids is 1. The summed E-state index contributed by atoms with van der Waals surface area (Å²) in [6.07, 6.45) is 1.49. The number of H-pyrrole nitrogens is 1. The van der Waals surface area contributed by atoms with Crippen LogP contribution in [-0.4, -0.2) is 34.7 Å². The second-order valence-corrected chi connectivity index (χ2v) is 8.17. The number of hydrogen-bond acceptors (Lipinski definition) is 2. The van der Waals surface area contributed by atoms with E-state index in [-0.39, 0.29) is 11.9 Å². The van der Waals surface area contributed by atoms with Crippen LogP contribution >= 0.6 is 15.9 Å². The van der Waals surface area contributed by atoms with Crippen LogP contribution in [0.2, 0.25) is 0 Å². The van der Waals surface area contributed by atoms with Gasteiger partial charge in [0.15, 0.2) is 0 Å². The van der Waals surface area contributed by atoms with Crippen molar-refractivity contribution in [3.05, 3.63) is 34.2 Å². The van der Waals surface area contributed by atoms with E-state index >= 15 is 0 Å². The zero-order valence-electron chi connectivity index (χ0n) is 14.2. The number of nitrogens with zero attached hydrogens (tertiary/aromatic N) is 1. The van der Waals surface area contributed by atoms with Gasteiger partial charge >= 0.3 is 6.09 Å². The van der Waals surface area contributed by atoms with E-state index in [9.17, 15) is 9.18 Å². The molecule has 3 rings (SSSR count). The van der Waals surface area contributed by atoms with E-state index in [1.165, 1.54) is 6.07 Å². The lowest BCUT2D eigenvalue weighted by molar-refractivity contribution is 0.0204. The maximum Gasteiger partial charge on any atom is 0.410 e. The smallest absolute Gasteiger partial charge is 0.410 e. The summed E-state index contributed by atoms with van der Waals surface area (Å²) in [6.45, 7) is 6.97. The van der Waals surface area contributed by atoms with Gasteiger partial charge in [-0.1, -0.05) is 0 Å². The molecule has 24 heavy (non-hydrogen) atoms. The van der Waals surface area contributed by atoms with E-state index in [0.29, 0.717) is 23.5 Å². The highest BCUT2D eigenvalue weighted by molar-refractivity contribution is 9.10. The highest BCUT2D eigenvalue weighted by Crippen LogP contribution is 2.32. The molecule has 1 aliphatic heterocycles. The van der Waals surface area contributed by atoms with E-state index in [0.717, 1.165) is 29.4 Å². The van der Waals surface area contributed by atoms with E-state index < -0.39 is 5.60 Å². The van der Waals surface area contributed by atoms with Crippen molar-refractivity contribution in [2.75, 3.05) is 13.1 Å². The molecule has 130 valence electrons. The molecule has 0 aliphatic carbocycles. The molecule has 0 spiro atoms. The predicted molar refractivity (Wildman–Crippen MR) is 95.7 cm³/mol. The van der Waals surface area contributed by atoms with Crippen molar-refractivity contribution in [3.8, 4) is 0 Å². The Kier molecular flexibility index (Phi) is 4.60.